The number of hydrogen-bond acceptors (Lipinski definition) is 2. The summed E-state index contributed by atoms with van der Waals surface area (Å²) in [4.78, 5) is 12.0. The topological polar surface area (TPSA) is 26.3 Å². The summed E-state index contributed by atoms with van der Waals surface area (Å²) in [6.45, 7) is 12.9. The molecule has 0 aliphatic rings. The van der Waals surface area contributed by atoms with E-state index in [9.17, 15) is 13.6 Å². The molecule has 0 amide bonds. The number of rotatable bonds is 9. The summed E-state index contributed by atoms with van der Waals surface area (Å²) < 4.78 is 32.7. The molecule has 0 rings (SSSR count). The number of alkyl halides is 2. The van der Waals surface area contributed by atoms with E-state index in [0.717, 1.165) is 12.0 Å². The fraction of sp³-hybridized carbons (Fsp3) is 0.750. The highest BCUT2D eigenvalue weighted by molar-refractivity contribution is 5.89. The van der Waals surface area contributed by atoms with Gasteiger partial charge in [-0.15, -0.1) is 0 Å². The molecule has 4 heteroatoms. The highest BCUT2D eigenvalue weighted by Crippen LogP contribution is 2.29. The van der Waals surface area contributed by atoms with Gasteiger partial charge in [0.15, 0.2) is 0 Å². The molecule has 0 fully saturated rings. The number of allylic oxidation sites excluding steroid dienone is 3. The molecule has 0 aromatic heterocycles. The first kappa shape index (κ1) is 22.8. The fourth-order valence-electron chi connectivity index (χ4n) is 2.04. The van der Waals surface area contributed by atoms with Crippen LogP contribution in [0.4, 0.5) is 8.78 Å². The van der Waals surface area contributed by atoms with Gasteiger partial charge in [-0.2, -0.15) is 0 Å². The summed E-state index contributed by atoms with van der Waals surface area (Å²) in [7, 11) is 0. The predicted molar refractivity (Wildman–Crippen MR) is 96.2 cm³/mol. The van der Waals surface area contributed by atoms with Gasteiger partial charge in [0.2, 0.25) is 5.92 Å². The first-order valence-electron chi connectivity index (χ1n) is 8.85. The van der Waals surface area contributed by atoms with E-state index in [-0.39, 0.29) is 24.7 Å². The van der Waals surface area contributed by atoms with Gasteiger partial charge in [-0.25, -0.2) is 13.6 Å². The van der Waals surface area contributed by atoms with Crippen molar-refractivity contribution in [2.45, 2.75) is 92.1 Å². The summed E-state index contributed by atoms with van der Waals surface area (Å²) in [5, 5.41) is 0. The Morgan fingerprint density at radius 3 is 2.25 bits per heavy atom. The number of carbonyl (C=O) groups excluding carboxylic acids is 1. The van der Waals surface area contributed by atoms with Crippen molar-refractivity contribution < 1.29 is 18.3 Å². The third-order valence-electron chi connectivity index (χ3n) is 3.83. The Hall–Kier alpha value is -1.19. The summed E-state index contributed by atoms with van der Waals surface area (Å²) >= 11 is 0. The van der Waals surface area contributed by atoms with E-state index in [2.05, 4.69) is 0 Å². The average Bonchev–Trinajstić information content (AvgIpc) is 2.46. The first-order chi connectivity index (χ1) is 10.9. The van der Waals surface area contributed by atoms with E-state index >= 15 is 0 Å². The Balaban J connectivity index is 4.59. The highest BCUT2D eigenvalue weighted by Gasteiger charge is 2.27. The molecule has 1 atom stereocenters. The Kier molecular flexibility index (Phi) is 9.46. The highest BCUT2D eigenvalue weighted by atomic mass is 19.3. The molecule has 0 aromatic carbocycles. The largest absolute Gasteiger partial charge is 0.457 e. The van der Waals surface area contributed by atoms with E-state index in [1.165, 1.54) is 0 Å². The summed E-state index contributed by atoms with van der Waals surface area (Å²) in [6, 6.07) is 0. The van der Waals surface area contributed by atoms with Crippen LogP contribution >= 0.6 is 0 Å². The van der Waals surface area contributed by atoms with Gasteiger partial charge < -0.3 is 4.74 Å². The monoisotopic (exact) mass is 344 g/mol. The summed E-state index contributed by atoms with van der Waals surface area (Å²) in [6.07, 6.45) is 5.38. The van der Waals surface area contributed by atoms with Crippen molar-refractivity contribution in [1.82, 2.24) is 0 Å². The molecular weight excluding hydrogens is 310 g/mol. The van der Waals surface area contributed by atoms with Crippen molar-refractivity contribution in [1.29, 1.82) is 0 Å². The van der Waals surface area contributed by atoms with Crippen molar-refractivity contribution in [3.63, 3.8) is 0 Å². The molecule has 0 heterocycles. The van der Waals surface area contributed by atoms with Crippen LogP contribution in [0.2, 0.25) is 0 Å². The van der Waals surface area contributed by atoms with E-state index in [4.69, 9.17) is 4.74 Å². The predicted octanol–water partition coefficient (Wildman–Crippen LogP) is 6.46. The van der Waals surface area contributed by atoms with Crippen molar-refractivity contribution in [2.75, 3.05) is 0 Å². The van der Waals surface area contributed by atoms with Crippen molar-refractivity contribution in [3.8, 4) is 0 Å². The van der Waals surface area contributed by atoms with Gasteiger partial charge in [0.1, 0.15) is 5.60 Å². The molecule has 0 aliphatic heterocycles. The molecular formula is C20H34F2O2. The molecule has 0 saturated heterocycles. The van der Waals surface area contributed by atoms with E-state index in [1.807, 2.05) is 53.7 Å². The molecule has 1 unspecified atom stereocenters. The molecule has 0 N–H and O–H groups in total. The van der Waals surface area contributed by atoms with Crippen molar-refractivity contribution >= 4 is 5.97 Å². The number of esters is 1. The lowest BCUT2D eigenvalue weighted by Gasteiger charge is -2.20. The number of carbonyl (C=O) groups is 1. The lowest BCUT2D eigenvalue weighted by molar-refractivity contribution is -0.149. The quantitative estimate of drug-likeness (QED) is 0.272. The minimum Gasteiger partial charge on any atom is -0.457 e. The van der Waals surface area contributed by atoms with Gasteiger partial charge in [-0.1, -0.05) is 32.4 Å². The molecule has 0 aliphatic carbocycles. The Bertz CT molecular complexity index is 457. The standard InChI is InChI=1S/C20H34F2O2/c1-8-9-13-20(21,22)14-12-15(2)10-11-16(3)17(4)18(23)24-19(5,6)7/h10-11,15H,8-9,12-14H2,1-7H3/b11-10-,17-16+. The zero-order chi connectivity index (χ0) is 19.0. The van der Waals surface area contributed by atoms with E-state index in [1.54, 1.807) is 6.92 Å². The van der Waals surface area contributed by atoms with Crippen LogP contribution in [0.1, 0.15) is 80.6 Å². The Labute approximate surface area is 146 Å². The van der Waals surface area contributed by atoms with Crippen molar-refractivity contribution in [2.24, 2.45) is 5.92 Å². The Morgan fingerprint density at radius 1 is 1.17 bits per heavy atom. The van der Waals surface area contributed by atoms with E-state index in [0.29, 0.717) is 18.4 Å². The zero-order valence-corrected chi connectivity index (χ0v) is 16.3. The number of unbranched alkanes of at least 4 members (excludes halogenated alkanes) is 1. The van der Waals surface area contributed by atoms with Crippen LogP contribution in [0.15, 0.2) is 23.3 Å². The number of ether oxygens (including phenoxy) is 1. The van der Waals surface area contributed by atoms with Crippen LogP contribution in [0.25, 0.3) is 0 Å². The van der Waals surface area contributed by atoms with Gasteiger partial charge in [0.05, 0.1) is 0 Å². The lowest BCUT2D eigenvalue weighted by Crippen LogP contribution is -2.24. The van der Waals surface area contributed by atoms with Crippen LogP contribution in [-0.2, 0) is 9.53 Å². The van der Waals surface area contributed by atoms with Crippen LogP contribution in [0.5, 0.6) is 0 Å². The molecule has 0 spiro atoms. The number of hydrogen-bond donors (Lipinski definition) is 0. The molecule has 140 valence electrons. The van der Waals surface area contributed by atoms with Crippen LogP contribution in [0.3, 0.4) is 0 Å². The maximum absolute atomic E-state index is 13.7. The molecule has 24 heavy (non-hydrogen) atoms. The zero-order valence-electron chi connectivity index (χ0n) is 16.3. The SMILES string of the molecule is CCCCC(F)(F)CCC(C)/C=C\C(C)=C(/C)C(=O)OC(C)(C)C. The van der Waals surface area contributed by atoms with Crippen LogP contribution in [-0.4, -0.2) is 17.5 Å². The van der Waals surface area contributed by atoms with Gasteiger partial charge in [0.25, 0.3) is 0 Å². The molecule has 0 aromatic rings. The van der Waals surface area contributed by atoms with Crippen LogP contribution < -0.4 is 0 Å². The minimum absolute atomic E-state index is 0.0311. The first-order valence-corrected chi connectivity index (χ1v) is 8.85. The van der Waals surface area contributed by atoms with Gasteiger partial charge in [-0.3, -0.25) is 0 Å². The van der Waals surface area contributed by atoms with Gasteiger partial charge >= 0.3 is 5.97 Å². The third-order valence-corrected chi connectivity index (χ3v) is 3.83. The summed E-state index contributed by atoms with van der Waals surface area (Å²) in [5.41, 5.74) is 0.815. The van der Waals surface area contributed by atoms with Gasteiger partial charge in [-0.05, 0) is 59.0 Å². The normalized spacial score (nSPS) is 15.4. The maximum Gasteiger partial charge on any atom is 0.334 e. The molecule has 0 bridgehead atoms. The second-order valence-electron chi connectivity index (χ2n) is 7.64. The lowest BCUT2D eigenvalue weighted by atomic mass is 9.98. The van der Waals surface area contributed by atoms with Crippen molar-refractivity contribution in [3.05, 3.63) is 23.3 Å². The molecule has 0 saturated carbocycles. The van der Waals surface area contributed by atoms with Crippen LogP contribution in [0, 0.1) is 5.92 Å². The fourth-order valence-corrected chi connectivity index (χ4v) is 2.04. The second-order valence-corrected chi connectivity index (χ2v) is 7.64. The maximum atomic E-state index is 13.7. The third kappa shape index (κ3) is 10.6. The average molecular weight is 344 g/mol. The molecule has 2 nitrogen and oxygen atoms in total. The number of halogens is 2. The molecule has 0 radical (unpaired) electrons. The Morgan fingerprint density at radius 2 is 1.75 bits per heavy atom. The van der Waals surface area contributed by atoms with Gasteiger partial charge in [0, 0.05) is 18.4 Å². The summed E-state index contributed by atoms with van der Waals surface area (Å²) in [5.74, 6) is -2.88. The smallest absolute Gasteiger partial charge is 0.334 e. The second kappa shape index (κ2) is 9.95. The minimum atomic E-state index is -2.57. The van der Waals surface area contributed by atoms with E-state index < -0.39 is 11.5 Å².